The fraction of sp³-hybridized carbons (Fsp3) is 0.900. The molecule has 0 aromatic carbocycles. The highest BCUT2D eigenvalue weighted by molar-refractivity contribution is 5.67. The van der Waals surface area contributed by atoms with E-state index in [1.165, 1.54) is 12.8 Å². The zero-order valence-electron chi connectivity index (χ0n) is 8.36. The molecule has 1 fully saturated rings. The van der Waals surface area contributed by atoms with E-state index in [-0.39, 0.29) is 12.5 Å². The van der Waals surface area contributed by atoms with Crippen LogP contribution in [0.2, 0.25) is 0 Å². The summed E-state index contributed by atoms with van der Waals surface area (Å²) < 4.78 is 0. The van der Waals surface area contributed by atoms with Crippen molar-refractivity contribution in [2.24, 2.45) is 23.5 Å². The highest BCUT2D eigenvalue weighted by atomic mass is 16.4. The van der Waals surface area contributed by atoms with Gasteiger partial charge in [-0.1, -0.05) is 13.8 Å². The Bertz CT molecular complexity index is 189. The lowest BCUT2D eigenvalue weighted by Crippen LogP contribution is -2.35. The van der Waals surface area contributed by atoms with Crippen molar-refractivity contribution in [3.8, 4) is 0 Å². The molecule has 0 amide bonds. The topological polar surface area (TPSA) is 63.3 Å². The van der Waals surface area contributed by atoms with E-state index in [2.05, 4.69) is 13.8 Å². The molecular formula is C10H19NO2. The largest absolute Gasteiger partial charge is 0.481 e. The fourth-order valence-electron chi connectivity index (χ4n) is 1.83. The second-order valence-corrected chi connectivity index (χ2v) is 4.32. The molecule has 3 nitrogen and oxygen atoms in total. The van der Waals surface area contributed by atoms with E-state index in [4.69, 9.17) is 10.8 Å². The van der Waals surface area contributed by atoms with Crippen LogP contribution in [-0.2, 0) is 4.79 Å². The first-order chi connectivity index (χ1) is 6.02. The van der Waals surface area contributed by atoms with Crippen molar-refractivity contribution in [3.05, 3.63) is 0 Å². The normalized spacial score (nSPS) is 23.6. The van der Waals surface area contributed by atoms with Crippen LogP contribution in [0.25, 0.3) is 0 Å². The SMILES string of the molecule is CC(C(N)CC(=O)O)C(C)C1CC1. The van der Waals surface area contributed by atoms with Crippen LogP contribution >= 0.6 is 0 Å². The predicted molar refractivity (Wildman–Crippen MR) is 51.3 cm³/mol. The average molecular weight is 185 g/mol. The zero-order chi connectivity index (χ0) is 10.0. The molecule has 1 aliphatic rings. The zero-order valence-corrected chi connectivity index (χ0v) is 8.36. The highest BCUT2D eigenvalue weighted by Crippen LogP contribution is 2.41. The molecule has 1 rings (SSSR count). The molecule has 0 saturated heterocycles. The summed E-state index contributed by atoms with van der Waals surface area (Å²) in [6.45, 7) is 4.25. The minimum absolute atomic E-state index is 0.0955. The summed E-state index contributed by atoms with van der Waals surface area (Å²) in [5, 5.41) is 8.59. The first-order valence-electron chi connectivity index (χ1n) is 4.99. The Balaban J connectivity index is 2.35. The van der Waals surface area contributed by atoms with Crippen LogP contribution in [0.4, 0.5) is 0 Å². The first-order valence-corrected chi connectivity index (χ1v) is 4.99. The Labute approximate surface area is 79.3 Å². The first kappa shape index (κ1) is 10.5. The molecule has 0 aromatic rings. The van der Waals surface area contributed by atoms with E-state index in [9.17, 15) is 4.79 Å². The molecular weight excluding hydrogens is 166 g/mol. The van der Waals surface area contributed by atoms with Gasteiger partial charge in [0.25, 0.3) is 0 Å². The van der Waals surface area contributed by atoms with Crippen LogP contribution in [-0.4, -0.2) is 17.1 Å². The van der Waals surface area contributed by atoms with E-state index in [1.807, 2.05) is 0 Å². The van der Waals surface area contributed by atoms with Gasteiger partial charge in [-0.2, -0.15) is 0 Å². The molecule has 13 heavy (non-hydrogen) atoms. The smallest absolute Gasteiger partial charge is 0.304 e. The lowest BCUT2D eigenvalue weighted by molar-refractivity contribution is -0.137. The molecule has 1 saturated carbocycles. The van der Waals surface area contributed by atoms with Gasteiger partial charge >= 0.3 is 5.97 Å². The predicted octanol–water partition coefficient (Wildman–Crippen LogP) is 1.47. The van der Waals surface area contributed by atoms with Gasteiger partial charge in [-0.15, -0.1) is 0 Å². The number of nitrogens with two attached hydrogens (primary N) is 1. The van der Waals surface area contributed by atoms with Crippen molar-refractivity contribution < 1.29 is 9.90 Å². The van der Waals surface area contributed by atoms with Gasteiger partial charge in [0.05, 0.1) is 6.42 Å². The Kier molecular flexibility index (Phi) is 3.31. The van der Waals surface area contributed by atoms with Crippen molar-refractivity contribution in [3.63, 3.8) is 0 Å². The van der Waals surface area contributed by atoms with Gasteiger partial charge in [0, 0.05) is 6.04 Å². The molecule has 1 aliphatic carbocycles. The van der Waals surface area contributed by atoms with Crippen LogP contribution in [0, 0.1) is 17.8 Å². The molecule has 76 valence electrons. The van der Waals surface area contributed by atoms with Gasteiger partial charge in [-0.3, -0.25) is 4.79 Å². The standard InChI is InChI=1S/C10H19NO2/c1-6(8-3-4-8)7(2)9(11)5-10(12)13/h6-9H,3-5,11H2,1-2H3,(H,12,13). The van der Waals surface area contributed by atoms with Gasteiger partial charge in [-0.05, 0) is 30.6 Å². The van der Waals surface area contributed by atoms with Crippen molar-refractivity contribution >= 4 is 5.97 Å². The summed E-state index contributed by atoms with van der Waals surface area (Å²) in [6, 6.07) is -0.187. The number of aliphatic carboxylic acids is 1. The maximum Gasteiger partial charge on any atom is 0.304 e. The summed E-state index contributed by atoms with van der Waals surface area (Å²) in [4.78, 5) is 10.4. The monoisotopic (exact) mass is 185 g/mol. The number of hydrogen-bond acceptors (Lipinski definition) is 2. The summed E-state index contributed by atoms with van der Waals surface area (Å²) in [7, 11) is 0. The molecule has 0 heterocycles. The minimum Gasteiger partial charge on any atom is -0.481 e. The van der Waals surface area contributed by atoms with Gasteiger partial charge in [0.15, 0.2) is 0 Å². The third-order valence-electron chi connectivity index (χ3n) is 3.28. The maximum atomic E-state index is 10.4. The highest BCUT2D eigenvalue weighted by Gasteiger charge is 2.33. The van der Waals surface area contributed by atoms with E-state index in [0.717, 1.165) is 5.92 Å². The molecule has 0 radical (unpaired) electrons. The average Bonchev–Trinajstić information content (AvgIpc) is 2.82. The maximum absolute atomic E-state index is 10.4. The van der Waals surface area contributed by atoms with E-state index >= 15 is 0 Å². The Morgan fingerprint density at radius 2 is 2.08 bits per heavy atom. The molecule has 3 heteroatoms. The van der Waals surface area contributed by atoms with Gasteiger partial charge < -0.3 is 10.8 Å². The van der Waals surface area contributed by atoms with Crippen LogP contribution < -0.4 is 5.73 Å². The summed E-state index contributed by atoms with van der Waals surface area (Å²) in [6.07, 6.45) is 2.69. The number of carbonyl (C=O) groups is 1. The summed E-state index contributed by atoms with van der Waals surface area (Å²) >= 11 is 0. The van der Waals surface area contributed by atoms with Gasteiger partial charge in [-0.25, -0.2) is 0 Å². The lowest BCUT2D eigenvalue weighted by atomic mass is 9.84. The van der Waals surface area contributed by atoms with Gasteiger partial charge in [0.1, 0.15) is 0 Å². The molecule has 0 bridgehead atoms. The summed E-state index contributed by atoms with van der Waals surface area (Å²) in [5.41, 5.74) is 5.80. The number of carboxylic acid groups (broad SMARTS) is 1. The molecule has 0 spiro atoms. The minimum atomic E-state index is -0.789. The molecule has 3 atom stereocenters. The number of carboxylic acids is 1. The second kappa shape index (κ2) is 4.09. The van der Waals surface area contributed by atoms with Crippen molar-refractivity contribution in [1.82, 2.24) is 0 Å². The quantitative estimate of drug-likeness (QED) is 0.681. The third-order valence-corrected chi connectivity index (χ3v) is 3.28. The van der Waals surface area contributed by atoms with Crippen LogP contribution in [0.3, 0.4) is 0 Å². The Morgan fingerprint density at radius 3 is 2.46 bits per heavy atom. The van der Waals surface area contributed by atoms with Crippen molar-refractivity contribution in [1.29, 1.82) is 0 Å². The molecule has 0 aliphatic heterocycles. The number of hydrogen-bond donors (Lipinski definition) is 2. The van der Waals surface area contributed by atoms with Crippen molar-refractivity contribution in [2.75, 3.05) is 0 Å². The second-order valence-electron chi connectivity index (χ2n) is 4.32. The molecule has 3 unspecified atom stereocenters. The third kappa shape index (κ3) is 2.99. The Morgan fingerprint density at radius 1 is 1.54 bits per heavy atom. The van der Waals surface area contributed by atoms with E-state index in [1.54, 1.807) is 0 Å². The molecule has 3 N–H and O–H groups in total. The van der Waals surface area contributed by atoms with Crippen LogP contribution in [0.1, 0.15) is 33.1 Å². The van der Waals surface area contributed by atoms with Crippen molar-refractivity contribution in [2.45, 2.75) is 39.2 Å². The van der Waals surface area contributed by atoms with Crippen LogP contribution in [0.5, 0.6) is 0 Å². The number of rotatable bonds is 5. The fourth-order valence-corrected chi connectivity index (χ4v) is 1.83. The summed E-state index contributed by atoms with van der Waals surface area (Å²) in [5.74, 6) is 0.912. The van der Waals surface area contributed by atoms with Crippen LogP contribution in [0.15, 0.2) is 0 Å². The lowest BCUT2D eigenvalue weighted by Gasteiger charge is -2.24. The Hall–Kier alpha value is -0.570. The van der Waals surface area contributed by atoms with E-state index < -0.39 is 5.97 Å². The van der Waals surface area contributed by atoms with Gasteiger partial charge in [0.2, 0.25) is 0 Å². The van der Waals surface area contributed by atoms with E-state index in [0.29, 0.717) is 11.8 Å². The molecule has 0 aromatic heterocycles.